The van der Waals surface area contributed by atoms with Crippen molar-refractivity contribution in [3.05, 3.63) is 42.7 Å². The highest BCUT2D eigenvalue weighted by atomic mass is 16.1. The van der Waals surface area contributed by atoms with Crippen LogP contribution in [0.2, 0.25) is 0 Å². The number of rotatable bonds is 3. The van der Waals surface area contributed by atoms with Crippen LogP contribution in [0, 0.1) is 0 Å². The number of nitrogens with zero attached hydrogens (tertiary/aromatic N) is 1. The van der Waals surface area contributed by atoms with Gasteiger partial charge in [-0.05, 0) is 18.2 Å². The van der Waals surface area contributed by atoms with Crippen molar-refractivity contribution in [3.8, 4) is 0 Å². The highest BCUT2D eigenvalue weighted by Crippen LogP contribution is 2.09. The van der Waals surface area contributed by atoms with Crippen molar-refractivity contribution >= 4 is 16.9 Å². The molecule has 2 heterocycles. The summed E-state index contributed by atoms with van der Waals surface area (Å²) in [6.45, 7) is 3.97. The van der Waals surface area contributed by atoms with Gasteiger partial charge in [0.1, 0.15) is 11.3 Å². The van der Waals surface area contributed by atoms with E-state index in [0.717, 1.165) is 11.0 Å². The van der Waals surface area contributed by atoms with Crippen molar-refractivity contribution in [2.75, 3.05) is 6.54 Å². The molecule has 0 spiro atoms. The molecule has 0 radical (unpaired) electrons. The number of amides is 1. The maximum atomic E-state index is 11.5. The van der Waals surface area contributed by atoms with Gasteiger partial charge in [-0.25, -0.2) is 4.98 Å². The summed E-state index contributed by atoms with van der Waals surface area (Å²) in [5.41, 5.74) is 1.13. The van der Waals surface area contributed by atoms with Crippen LogP contribution in [-0.4, -0.2) is 22.4 Å². The number of aromatic nitrogens is 2. The van der Waals surface area contributed by atoms with Crippen molar-refractivity contribution in [1.29, 1.82) is 0 Å². The van der Waals surface area contributed by atoms with E-state index in [-0.39, 0.29) is 5.91 Å². The quantitative estimate of drug-likeness (QED) is 0.739. The first-order chi connectivity index (χ1) is 7.31. The van der Waals surface area contributed by atoms with Gasteiger partial charge in [0, 0.05) is 18.1 Å². The minimum absolute atomic E-state index is 0.189. The van der Waals surface area contributed by atoms with E-state index >= 15 is 0 Å². The molecular weight excluding hydrogens is 190 g/mol. The zero-order chi connectivity index (χ0) is 10.7. The van der Waals surface area contributed by atoms with Crippen LogP contribution in [0.15, 0.2) is 37.1 Å². The van der Waals surface area contributed by atoms with Gasteiger partial charge in [-0.2, -0.15) is 0 Å². The molecule has 0 aromatic carbocycles. The van der Waals surface area contributed by atoms with Crippen molar-refractivity contribution in [1.82, 2.24) is 15.3 Å². The van der Waals surface area contributed by atoms with Crippen molar-refractivity contribution in [2.24, 2.45) is 0 Å². The molecule has 0 atom stereocenters. The highest BCUT2D eigenvalue weighted by molar-refractivity contribution is 5.94. The smallest absolute Gasteiger partial charge is 0.270 e. The number of nitrogens with one attached hydrogen (secondary N) is 2. The fourth-order valence-corrected chi connectivity index (χ4v) is 1.31. The first-order valence-electron chi connectivity index (χ1n) is 4.64. The minimum atomic E-state index is -0.189. The van der Waals surface area contributed by atoms with E-state index in [1.165, 1.54) is 0 Å². The van der Waals surface area contributed by atoms with Gasteiger partial charge in [0.2, 0.25) is 0 Å². The average molecular weight is 201 g/mol. The number of hydrogen-bond donors (Lipinski definition) is 2. The SMILES string of the molecule is C=CCNC(=O)c1ccc2cc[nH]c2n1. The summed E-state index contributed by atoms with van der Waals surface area (Å²) in [5.74, 6) is -0.189. The number of hydrogen-bond acceptors (Lipinski definition) is 2. The maximum Gasteiger partial charge on any atom is 0.270 e. The van der Waals surface area contributed by atoms with Crippen LogP contribution >= 0.6 is 0 Å². The average Bonchev–Trinajstić information content (AvgIpc) is 2.72. The Hall–Kier alpha value is -2.10. The highest BCUT2D eigenvalue weighted by Gasteiger charge is 2.06. The molecule has 4 heteroatoms. The Balaban J connectivity index is 2.27. The third-order valence-electron chi connectivity index (χ3n) is 2.05. The lowest BCUT2D eigenvalue weighted by molar-refractivity contribution is 0.0953. The summed E-state index contributed by atoms with van der Waals surface area (Å²) in [4.78, 5) is 18.7. The van der Waals surface area contributed by atoms with Gasteiger partial charge in [-0.15, -0.1) is 6.58 Å². The first-order valence-corrected chi connectivity index (χ1v) is 4.64. The molecule has 2 N–H and O–H groups in total. The summed E-state index contributed by atoms with van der Waals surface area (Å²) < 4.78 is 0. The second-order valence-corrected chi connectivity index (χ2v) is 3.11. The van der Waals surface area contributed by atoms with Crippen LogP contribution in [0.4, 0.5) is 0 Å². The molecule has 15 heavy (non-hydrogen) atoms. The van der Waals surface area contributed by atoms with Gasteiger partial charge < -0.3 is 10.3 Å². The monoisotopic (exact) mass is 201 g/mol. The number of fused-ring (bicyclic) bond motifs is 1. The molecule has 0 aliphatic carbocycles. The van der Waals surface area contributed by atoms with E-state index in [2.05, 4.69) is 21.9 Å². The van der Waals surface area contributed by atoms with Crippen LogP contribution in [0.25, 0.3) is 11.0 Å². The Morgan fingerprint density at radius 1 is 1.53 bits per heavy atom. The molecule has 1 amide bonds. The van der Waals surface area contributed by atoms with Gasteiger partial charge in [0.15, 0.2) is 0 Å². The normalized spacial score (nSPS) is 10.1. The molecule has 0 saturated carbocycles. The predicted octanol–water partition coefficient (Wildman–Crippen LogP) is 1.48. The molecule has 0 saturated heterocycles. The predicted molar refractivity (Wildman–Crippen MR) is 58.6 cm³/mol. The third kappa shape index (κ3) is 1.88. The largest absolute Gasteiger partial charge is 0.347 e. The lowest BCUT2D eigenvalue weighted by atomic mass is 10.3. The molecule has 0 unspecified atom stereocenters. The molecule has 2 rings (SSSR count). The maximum absolute atomic E-state index is 11.5. The molecule has 4 nitrogen and oxygen atoms in total. The summed E-state index contributed by atoms with van der Waals surface area (Å²) in [5, 5.41) is 3.67. The van der Waals surface area contributed by atoms with Gasteiger partial charge in [0.25, 0.3) is 5.91 Å². The van der Waals surface area contributed by atoms with Crippen LogP contribution in [0.5, 0.6) is 0 Å². The van der Waals surface area contributed by atoms with Gasteiger partial charge in [-0.1, -0.05) is 6.08 Å². The van der Waals surface area contributed by atoms with Gasteiger partial charge in [-0.3, -0.25) is 4.79 Å². The Morgan fingerprint density at radius 2 is 2.40 bits per heavy atom. The fourth-order valence-electron chi connectivity index (χ4n) is 1.31. The Morgan fingerprint density at radius 3 is 3.20 bits per heavy atom. The first kappa shape index (κ1) is 9.45. The topological polar surface area (TPSA) is 57.8 Å². The Bertz CT molecular complexity index is 501. The molecular formula is C11H11N3O. The molecule has 2 aromatic heterocycles. The molecule has 0 aliphatic heterocycles. The van der Waals surface area contributed by atoms with Gasteiger partial charge in [0.05, 0.1) is 0 Å². The second kappa shape index (κ2) is 3.96. The number of H-pyrrole nitrogens is 1. The second-order valence-electron chi connectivity index (χ2n) is 3.11. The van der Waals surface area contributed by atoms with Crippen molar-refractivity contribution < 1.29 is 4.79 Å². The number of pyridine rings is 1. The summed E-state index contributed by atoms with van der Waals surface area (Å²) in [6.07, 6.45) is 3.42. The number of carbonyl (C=O) groups excluding carboxylic acids is 1. The lowest BCUT2D eigenvalue weighted by Gasteiger charge is -2.00. The molecule has 76 valence electrons. The fraction of sp³-hybridized carbons (Fsp3) is 0.0909. The van der Waals surface area contributed by atoms with Crippen molar-refractivity contribution in [2.45, 2.75) is 0 Å². The van der Waals surface area contributed by atoms with Crippen molar-refractivity contribution in [3.63, 3.8) is 0 Å². The standard InChI is InChI=1S/C11H11N3O/c1-2-6-13-11(15)9-4-3-8-5-7-12-10(8)14-9/h2-5,7H,1,6H2,(H,12,14)(H,13,15). The zero-order valence-electron chi connectivity index (χ0n) is 8.16. The van der Waals surface area contributed by atoms with E-state index in [9.17, 15) is 4.79 Å². The number of aromatic amines is 1. The van der Waals surface area contributed by atoms with E-state index in [1.54, 1.807) is 18.3 Å². The summed E-state index contributed by atoms with van der Waals surface area (Å²) in [6, 6.07) is 5.48. The van der Waals surface area contributed by atoms with Crippen LogP contribution < -0.4 is 5.32 Å². The zero-order valence-corrected chi connectivity index (χ0v) is 8.16. The molecule has 0 fully saturated rings. The van der Waals surface area contributed by atoms with Crippen LogP contribution in [-0.2, 0) is 0 Å². The lowest BCUT2D eigenvalue weighted by Crippen LogP contribution is -2.24. The molecule has 2 aromatic rings. The van der Waals surface area contributed by atoms with Crippen LogP contribution in [0.3, 0.4) is 0 Å². The van der Waals surface area contributed by atoms with E-state index in [0.29, 0.717) is 12.2 Å². The van der Waals surface area contributed by atoms with E-state index in [1.807, 2.05) is 12.1 Å². The number of carbonyl (C=O) groups is 1. The van der Waals surface area contributed by atoms with E-state index in [4.69, 9.17) is 0 Å². The minimum Gasteiger partial charge on any atom is -0.347 e. The van der Waals surface area contributed by atoms with Crippen LogP contribution in [0.1, 0.15) is 10.5 Å². The van der Waals surface area contributed by atoms with E-state index < -0.39 is 0 Å². The third-order valence-corrected chi connectivity index (χ3v) is 2.05. The Kier molecular flexibility index (Phi) is 2.49. The summed E-state index contributed by atoms with van der Waals surface area (Å²) in [7, 11) is 0. The Labute approximate surface area is 87.0 Å². The molecule has 0 bridgehead atoms. The molecule has 0 aliphatic rings. The summed E-state index contributed by atoms with van der Waals surface area (Å²) >= 11 is 0. The van der Waals surface area contributed by atoms with Gasteiger partial charge >= 0.3 is 0 Å².